The number of aliphatic hydroxyl groups excluding tert-OH is 1. The highest BCUT2D eigenvalue weighted by atomic mass is 16.5. The first-order valence-corrected chi connectivity index (χ1v) is 3.78. The van der Waals surface area contributed by atoms with Gasteiger partial charge in [-0.1, -0.05) is 13.0 Å². The first-order chi connectivity index (χ1) is 5.22. The number of carbonyl (C=O) groups is 1. The lowest BCUT2D eigenvalue weighted by Crippen LogP contribution is -2.15. The molecular formula is C8H12O3. The van der Waals surface area contributed by atoms with E-state index in [-0.39, 0.29) is 12.1 Å². The van der Waals surface area contributed by atoms with Gasteiger partial charge in [-0.25, -0.2) is 0 Å². The zero-order valence-electron chi connectivity index (χ0n) is 6.49. The number of ether oxygens (including phenoxy) is 1. The number of esters is 1. The Kier molecular flexibility index (Phi) is 2.65. The van der Waals surface area contributed by atoms with Crippen LogP contribution in [0.25, 0.3) is 0 Å². The van der Waals surface area contributed by atoms with Gasteiger partial charge in [0.2, 0.25) is 0 Å². The van der Waals surface area contributed by atoms with E-state index >= 15 is 0 Å². The van der Waals surface area contributed by atoms with Crippen LogP contribution in [0.3, 0.4) is 0 Å². The third-order valence-electron chi connectivity index (χ3n) is 1.59. The summed E-state index contributed by atoms with van der Waals surface area (Å²) in [5.41, 5.74) is 0. The van der Waals surface area contributed by atoms with E-state index < -0.39 is 6.10 Å². The summed E-state index contributed by atoms with van der Waals surface area (Å²) in [6.45, 7) is 1.75. The van der Waals surface area contributed by atoms with Gasteiger partial charge in [0, 0.05) is 12.8 Å². The van der Waals surface area contributed by atoms with E-state index in [2.05, 4.69) is 0 Å². The van der Waals surface area contributed by atoms with Crippen molar-refractivity contribution in [3.05, 3.63) is 12.2 Å². The number of hydrogen-bond acceptors (Lipinski definition) is 3. The number of hydrogen-bond donors (Lipinski definition) is 1. The lowest BCUT2D eigenvalue weighted by atomic mass is 10.3. The zero-order valence-corrected chi connectivity index (χ0v) is 6.49. The second kappa shape index (κ2) is 3.53. The molecule has 0 bridgehead atoms. The molecule has 0 amide bonds. The summed E-state index contributed by atoms with van der Waals surface area (Å²) in [6, 6.07) is 0. The first kappa shape index (κ1) is 8.27. The third kappa shape index (κ3) is 2.35. The average Bonchev–Trinajstić information content (AvgIpc) is 2.35. The average molecular weight is 156 g/mol. The molecule has 0 aromatic heterocycles. The summed E-state index contributed by atoms with van der Waals surface area (Å²) in [5.74, 6) is -0.214. The van der Waals surface area contributed by atoms with Gasteiger partial charge >= 0.3 is 5.97 Å². The van der Waals surface area contributed by atoms with Crippen molar-refractivity contribution in [3.8, 4) is 0 Å². The maximum atomic E-state index is 10.7. The summed E-state index contributed by atoms with van der Waals surface area (Å²) in [4.78, 5) is 10.7. The summed E-state index contributed by atoms with van der Waals surface area (Å²) in [7, 11) is 0. The molecule has 1 N–H and O–H groups in total. The van der Waals surface area contributed by atoms with Crippen molar-refractivity contribution in [2.75, 3.05) is 0 Å². The van der Waals surface area contributed by atoms with Crippen LogP contribution in [0.5, 0.6) is 0 Å². The maximum absolute atomic E-state index is 10.7. The van der Waals surface area contributed by atoms with E-state index in [1.54, 1.807) is 19.1 Å². The fourth-order valence-corrected chi connectivity index (χ4v) is 0.987. The van der Waals surface area contributed by atoms with Gasteiger partial charge < -0.3 is 9.84 Å². The lowest BCUT2D eigenvalue weighted by molar-refractivity contribution is -0.146. The van der Waals surface area contributed by atoms with Gasteiger partial charge in [0.15, 0.2) is 0 Å². The second-order valence-electron chi connectivity index (χ2n) is 2.57. The van der Waals surface area contributed by atoms with E-state index in [1.165, 1.54) is 0 Å². The van der Waals surface area contributed by atoms with Gasteiger partial charge in [0.05, 0.1) is 6.10 Å². The van der Waals surface area contributed by atoms with Gasteiger partial charge in [-0.2, -0.15) is 0 Å². The van der Waals surface area contributed by atoms with Gasteiger partial charge in [-0.05, 0) is 6.08 Å². The van der Waals surface area contributed by atoms with Crippen molar-refractivity contribution in [2.24, 2.45) is 0 Å². The van der Waals surface area contributed by atoms with Crippen LogP contribution in [-0.4, -0.2) is 23.3 Å². The van der Waals surface area contributed by atoms with Crippen LogP contribution >= 0.6 is 0 Å². The molecule has 62 valence electrons. The Balaban J connectivity index is 2.29. The molecule has 0 aliphatic heterocycles. The minimum Gasteiger partial charge on any atom is -0.458 e. The summed E-state index contributed by atoms with van der Waals surface area (Å²) in [5, 5.41) is 9.01. The number of aliphatic hydroxyl groups is 1. The maximum Gasteiger partial charge on any atom is 0.306 e. The second-order valence-corrected chi connectivity index (χ2v) is 2.57. The van der Waals surface area contributed by atoms with Gasteiger partial charge in [0.1, 0.15) is 6.10 Å². The topological polar surface area (TPSA) is 46.5 Å². The fraction of sp³-hybridized carbons (Fsp3) is 0.625. The van der Waals surface area contributed by atoms with Crippen molar-refractivity contribution in [2.45, 2.75) is 32.0 Å². The van der Waals surface area contributed by atoms with Crippen LogP contribution in [0.4, 0.5) is 0 Å². The van der Waals surface area contributed by atoms with Crippen molar-refractivity contribution in [3.63, 3.8) is 0 Å². The Bertz CT molecular complexity index is 174. The Labute approximate surface area is 65.7 Å². The van der Waals surface area contributed by atoms with Crippen molar-refractivity contribution < 1.29 is 14.6 Å². The van der Waals surface area contributed by atoms with Crippen LogP contribution in [0.1, 0.15) is 19.8 Å². The highest BCUT2D eigenvalue weighted by Gasteiger charge is 2.19. The SMILES string of the molecule is CCC(=O)OC1C=CC(O)C1. The minimum atomic E-state index is -0.440. The lowest BCUT2D eigenvalue weighted by Gasteiger charge is -2.09. The molecule has 11 heavy (non-hydrogen) atoms. The van der Waals surface area contributed by atoms with Gasteiger partial charge in [0.25, 0.3) is 0 Å². The van der Waals surface area contributed by atoms with Crippen LogP contribution in [-0.2, 0) is 9.53 Å². The first-order valence-electron chi connectivity index (χ1n) is 3.78. The van der Waals surface area contributed by atoms with Gasteiger partial charge in [-0.3, -0.25) is 4.79 Å². The summed E-state index contributed by atoms with van der Waals surface area (Å²) >= 11 is 0. The molecule has 3 nitrogen and oxygen atoms in total. The Morgan fingerprint density at radius 3 is 2.91 bits per heavy atom. The standard InChI is InChI=1S/C8H12O3/c1-2-8(10)11-7-4-3-6(9)5-7/h3-4,6-7,9H,2,5H2,1H3. The van der Waals surface area contributed by atoms with Crippen LogP contribution in [0.15, 0.2) is 12.2 Å². The van der Waals surface area contributed by atoms with Crippen LogP contribution in [0.2, 0.25) is 0 Å². The predicted molar refractivity (Wildman–Crippen MR) is 39.9 cm³/mol. The summed E-state index contributed by atoms with van der Waals surface area (Å²) in [6.07, 6.45) is 3.61. The minimum absolute atomic E-state index is 0.211. The zero-order chi connectivity index (χ0) is 8.27. The molecule has 0 fully saturated rings. The van der Waals surface area contributed by atoms with E-state index in [1.807, 2.05) is 0 Å². The molecule has 2 atom stereocenters. The Morgan fingerprint density at radius 1 is 1.73 bits per heavy atom. The van der Waals surface area contributed by atoms with Crippen LogP contribution < -0.4 is 0 Å². The predicted octanol–water partition coefficient (Wildman–Crippen LogP) is 0.629. The van der Waals surface area contributed by atoms with E-state index in [4.69, 9.17) is 9.84 Å². The van der Waals surface area contributed by atoms with Gasteiger partial charge in [-0.15, -0.1) is 0 Å². The number of rotatable bonds is 2. The molecule has 1 aliphatic carbocycles. The van der Waals surface area contributed by atoms with E-state index in [0.717, 1.165) is 0 Å². The molecule has 0 saturated heterocycles. The van der Waals surface area contributed by atoms with E-state index in [0.29, 0.717) is 12.8 Å². The molecule has 1 aliphatic rings. The molecule has 0 aromatic carbocycles. The molecule has 2 unspecified atom stereocenters. The molecule has 0 radical (unpaired) electrons. The molecule has 0 spiro atoms. The Hall–Kier alpha value is -0.830. The summed E-state index contributed by atoms with van der Waals surface area (Å²) < 4.78 is 4.95. The number of carbonyl (C=O) groups excluding carboxylic acids is 1. The van der Waals surface area contributed by atoms with Crippen LogP contribution in [0, 0.1) is 0 Å². The third-order valence-corrected chi connectivity index (χ3v) is 1.59. The van der Waals surface area contributed by atoms with Crippen molar-refractivity contribution >= 4 is 5.97 Å². The smallest absolute Gasteiger partial charge is 0.306 e. The fourth-order valence-electron chi connectivity index (χ4n) is 0.987. The molecule has 1 rings (SSSR count). The highest BCUT2D eigenvalue weighted by molar-refractivity contribution is 5.69. The Morgan fingerprint density at radius 2 is 2.45 bits per heavy atom. The normalized spacial score (nSPS) is 28.9. The molecule has 0 heterocycles. The molecule has 0 saturated carbocycles. The van der Waals surface area contributed by atoms with Crippen molar-refractivity contribution in [1.82, 2.24) is 0 Å². The van der Waals surface area contributed by atoms with E-state index in [9.17, 15) is 4.79 Å². The largest absolute Gasteiger partial charge is 0.458 e. The quantitative estimate of drug-likeness (QED) is 0.471. The monoisotopic (exact) mass is 156 g/mol. The molecule has 0 aromatic rings. The molecular weight excluding hydrogens is 144 g/mol. The molecule has 3 heteroatoms. The highest BCUT2D eigenvalue weighted by Crippen LogP contribution is 2.14. The van der Waals surface area contributed by atoms with Crippen molar-refractivity contribution in [1.29, 1.82) is 0 Å².